The Morgan fingerprint density at radius 1 is 1.20 bits per heavy atom. The van der Waals surface area contributed by atoms with Crippen LogP contribution >= 0.6 is 0 Å². The maximum atomic E-state index is 11.5. The largest absolute Gasteiger partial charge is 0.394 e. The molecule has 0 bridgehead atoms. The molecule has 5 N–H and O–H groups in total. The van der Waals surface area contributed by atoms with Gasteiger partial charge >= 0.3 is 0 Å². The fourth-order valence-electron chi connectivity index (χ4n) is 2.54. The predicted octanol–water partition coefficient (Wildman–Crippen LogP) is -1.36. The summed E-state index contributed by atoms with van der Waals surface area (Å²) in [4.78, 5) is 22.8. The number of carbonyl (C=O) groups excluding carboxylic acids is 2. The lowest BCUT2D eigenvalue weighted by Crippen LogP contribution is -2.64. The minimum atomic E-state index is -1.33. The molecule has 0 aliphatic carbocycles. The number of hydrogen-bond acceptors (Lipinski definition) is 7. The maximum absolute atomic E-state index is 11.5. The van der Waals surface area contributed by atoms with Crippen molar-refractivity contribution in [3.05, 3.63) is 0 Å². The molecule has 0 radical (unpaired) electrons. The van der Waals surface area contributed by atoms with Gasteiger partial charge < -0.3 is 35.4 Å². The van der Waals surface area contributed by atoms with Gasteiger partial charge in [0.1, 0.15) is 24.4 Å². The highest BCUT2D eigenvalue weighted by Gasteiger charge is 2.45. The van der Waals surface area contributed by atoms with Crippen LogP contribution in [0.25, 0.3) is 0 Å². The standard InChI is InChI=1S/C16H30N2O7/c1-3-4-6-12(21)17-7-5-8-24-16-13(18-10(2)20)15(23)14(22)11(9-19)25-16/h11,13-16,19,22-23H,3-9H2,1-2H3,(H,17,21)(H,18,20)/t11?,13-,14+,15?,16+/m0/s1. The number of ether oxygens (including phenoxy) is 2. The molecular formula is C16H30N2O7. The number of aliphatic hydroxyl groups is 3. The van der Waals surface area contributed by atoms with Gasteiger partial charge in [0.2, 0.25) is 11.8 Å². The molecule has 1 fully saturated rings. The van der Waals surface area contributed by atoms with E-state index in [1.165, 1.54) is 6.92 Å². The van der Waals surface area contributed by atoms with Gasteiger partial charge in [-0.3, -0.25) is 9.59 Å². The molecule has 0 spiro atoms. The molecule has 0 aromatic heterocycles. The van der Waals surface area contributed by atoms with E-state index < -0.39 is 43.2 Å². The minimum absolute atomic E-state index is 0.00854. The molecule has 2 unspecified atom stereocenters. The van der Waals surface area contributed by atoms with Gasteiger partial charge in [-0.15, -0.1) is 0 Å². The first kappa shape index (κ1) is 21.8. The van der Waals surface area contributed by atoms with Crippen LogP contribution in [0.5, 0.6) is 0 Å². The van der Waals surface area contributed by atoms with Crippen molar-refractivity contribution in [2.45, 2.75) is 70.2 Å². The van der Waals surface area contributed by atoms with Crippen LogP contribution in [-0.4, -0.2) is 77.5 Å². The summed E-state index contributed by atoms with van der Waals surface area (Å²) in [6.45, 7) is 3.46. The van der Waals surface area contributed by atoms with Gasteiger partial charge in [-0.2, -0.15) is 0 Å². The van der Waals surface area contributed by atoms with Crippen LogP contribution in [0.4, 0.5) is 0 Å². The Labute approximate surface area is 147 Å². The second-order valence-corrected chi connectivity index (χ2v) is 6.11. The number of carbonyl (C=O) groups is 2. The van der Waals surface area contributed by atoms with Crippen LogP contribution in [0.1, 0.15) is 39.5 Å². The zero-order valence-corrected chi connectivity index (χ0v) is 14.8. The van der Waals surface area contributed by atoms with Crippen LogP contribution < -0.4 is 10.6 Å². The summed E-state index contributed by atoms with van der Waals surface area (Å²) in [6.07, 6.45) is -1.84. The average molecular weight is 362 g/mol. The fraction of sp³-hybridized carbons (Fsp3) is 0.875. The number of aliphatic hydroxyl groups excluding tert-OH is 3. The highest BCUT2D eigenvalue weighted by molar-refractivity contribution is 5.75. The molecule has 1 heterocycles. The first-order valence-electron chi connectivity index (χ1n) is 8.68. The number of amides is 2. The summed E-state index contributed by atoms with van der Waals surface area (Å²) >= 11 is 0. The summed E-state index contributed by atoms with van der Waals surface area (Å²) in [5.41, 5.74) is 0. The third-order valence-electron chi connectivity index (χ3n) is 3.93. The van der Waals surface area contributed by atoms with Crippen LogP contribution in [0.2, 0.25) is 0 Å². The summed E-state index contributed by atoms with van der Waals surface area (Å²) < 4.78 is 11.0. The Morgan fingerprint density at radius 3 is 2.52 bits per heavy atom. The number of nitrogens with one attached hydrogen (secondary N) is 2. The quantitative estimate of drug-likeness (QED) is 0.303. The van der Waals surface area contributed by atoms with E-state index >= 15 is 0 Å². The predicted molar refractivity (Wildman–Crippen MR) is 88.5 cm³/mol. The Balaban J connectivity index is 2.44. The second kappa shape index (κ2) is 11.4. The van der Waals surface area contributed by atoms with E-state index in [0.717, 1.165) is 12.8 Å². The zero-order valence-electron chi connectivity index (χ0n) is 14.8. The molecule has 5 atom stereocenters. The highest BCUT2D eigenvalue weighted by atomic mass is 16.7. The van der Waals surface area contributed by atoms with Crippen molar-refractivity contribution < 1.29 is 34.4 Å². The van der Waals surface area contributed by atoms with Crippen LogP contribution in [0, 0.1) is 0 Å². The first-order chi connectivity index (χ1) is 11.9. The third-order valence-corrected chi connectivity index (χ3v) is 3.93. The Hall–Kier alpha value is -1.26. The van der Waals surface area contributed by atoms with Gasteiger partial charge in [-0.05, 0) is 12.8 Å². The SMILES string of the molecule is CCCCC(=O)NCCCO[C@@H]1OC(CO)[C@@H](O)C(O)[C@@H]1NC(C)=O. The molecule has 1 saturated heterocycles. The Morgan fingerprint density at radius 2 is 1.92 bits per heavy atom. The second-order valence-electron chi connectivity index (χ2n) is 6.11. The summed E-state index contributed by atoms with van der Waals surface area (Å²) in [5.74, 6) is -0.412. The van der Waals surface area contributed by atoms with Crippen molar-refractivity contribution in [3.8, 4) is 0 Å². The monoisotopic (exact) mass is 362 g/mol. The molecule has 25 heavy (non-hydrogen) atoms. The number of hydrogen-bond donors (Lipinski definition) is 5. The van der Waals surface area contributed by atoms with Crippen molar-refractivity contribution >= 4 is 11.8 Å². The van der Waals surface area contributed by atoms with Crippen molar-refractivity contribution in [1.82, 2.24) is 10.6 Å². The van der Waals surface area contributed by atoms with Crippen LogP contribution in [0.15, 0.2) is 0 Å². The summed E-state index contributed by atoms with van der Waals surface area (Å²) in [5, 5.41) is 34.5. The summed E-state index contributed by atoms with van der Waals surface area (Å²) in [6, 6.07) is -0.950. The molecule has 2 amide bonds. The van der Waals surface area contributed by atoms with Gasteiger partial charge in [0.25, 0.3) is 0 Å². The van der Waals surface area contributed by atoms with Gasteiger partial charge in [0.15, 0.2) is 6.29 Å². The molecule has 0 saturated carbocycles. The van der Waals surface area contributed by atoms with Crippen molar-refractivity contribution in [2.75, 3.05) is 19.8 Å². The van der Waals surface area contributed by atoms with E-state index in [1.54, 1.807) is 0 Å². The number of rotatable bonds is 10. The lowest BCUT2D eigenvalue weighted by atomic mass is 9.97. The Kier molecular flexibility index (Phi) is 9.91. The molecule has 0 aromatic rings. The highest BCUT2D eigenvalue weighted by Crippen LogP contribution is 2.22. The van der Waals surface area contributed by atoms with Gasteiger partial charge in [0.05, 0.1) is 13.2 Å². The smallest absolute Gasteiger partial charge is 0.219 e. The Bertz CT molecular complexity index is 421. The molecule has 9 nitrogen and oxygen atoms in total. The van der Waals surface area contributed by atoms with E-state index in [4.69, 9.17) is 9.47 Å². The van der Waals surface area contributed by atoms with Crippen LogP contribution in [-0.2, 0) is 19.1 Å². The first-order valence-corrected chi connectivity index (χ1v) is 8.68. The van der Waals surface area contributed by atoms with Gasteiger partial charge in [0, 0.05) is 19.9 Å². The van der Waals surface area contributed by atoms with E-state index in [0.29, 0.717) is 19.4 Å². The summed E-state index contributed by atoms with van der Waals surface area (Å²) in [7, 11) is 0. The normalized spacial score (nSPS) is 29.2. The van der Waals surface area contributed by atoms with Gasteiger partial charge in [-0.1, -0.05) is 13.3 Å². The zero-order chi connectivity index (χ0) is 18.8. The lowest BCUT2D eigenvalue weighted by molar-refractivity contribution is -0.270. The van der Waals surface area contributed by atoms with Crippen molar-refractivity contribution in [1.29, 1.82) is 0 Å². The molecule has 0 aromatic carbocycles. The molecule has 1 aliphatic heterocycles. The van der Waals surface area contributed by atoms with E-state index in [2.05, 4.69) is 10.6 Å². The molecule has 1 rings (SSSR count). The van der Waals surface area contributed by atoms with Crippen molar-refractivity contribution in [3.63, 3.8) is 0 Å². The minimum Gasteiger partial charge on any atom is -0.394 e. The molecule has 9 heteroatoms. The number of unbranched alkanes of at least 4 members (excludes halogenated alkanes) is 1. The van der Waals surface area contributed by atoms with E-state index in [1.807, 2.05) is 6.92 Å². The van der Waals surface area contributed by atoms with E-state index in [-0.39, 0.29) is 12.5 Å². The van der Waals surface area contributed by atoms with Crippen LogP contribution in [0.3, 0.4) is 0 Å². The molecule has 146 valence electrons. The fourth-order valence-corrected chi connectivity index (χ4v) is 2.54. The average Bonchev–Trinajstić information content (AvgIpc) is 2.58. The van der Waals surface area contributed by atoms with Gasteiger partial charge in [-0.25, -0.2) is 0 Å². The maximum Gasteiger partial charge on any atom is 0.219 e. The molecule has 1 aliphatic rings. The third kappa shape index (κ3) is 7.25. The van der Waals surface area contributed by atoms with Crippen molar-refractivity contribution in [2.24, 2.45) is 0 Å². The lowest BCUT2D eigenvalue weighted by Gasteiger charge is -2.42. The topological polar surface area (TPSA) is 137 Å². The van der Waals surface area contributed by atoms with E-state index in [9.17, 15) is 24.9 Å². The molecular weight excluding hydrogens is 332 g/mol.